The number of rotatable bonds is 6. The van der Waals surface area contributed by atoms with Gasteiger partial charge >= 0.3 is 0 Å². The molecule has 3 rings (SSSR count). The molecule has 2 aliphatic heterocycles. The Bertz CT molecular complexity index is 620. The fraction of sp³-hybridized carbons (Fsp3) is 0.632. The minimum absolute atomic E-state index is 0. The summed E-state index contributed by atoms with van der Waals surface area (Å²) in [7, 11) is 0. The molecule has 3 N–H and O–H groups in total. The zero-order valence-electron chi connectivity index (χ0n) is 15.5. The number of nitrogens with one attached hydrogen (secondary N) is 1. The second kappa shape index (κ2) is 8.93. The Kier molecular flexibility index (Phi) is 7.15. The number of ether oxygens (including phenoxy) is 3. The van der Waals surface area contributed by atoms with Gasteiger partial charge in [0, 0.05) is 25.2 Å². The van der Waals surface area contributed by atoms with Gasteiger partial charge in [-0.3, -0.25) is 4.79 Å². The highest BCUT2D eigenvalue weighted by molar-refractivity contribution is 5.85. The predicted octanol–water partition coefficient (Wildman–Crippen LogP) is 2.37. The van der Waals surface area contributed by atoms with E-state index in [0.29, 0.717) is 19.8 Å². The number of benzene rings is 1. The monoisotopic (exact) mass is 384 g/mol. The van der Waals surface area contributed by atoms with E-state index in [-0.39, 0.29) is 36.4 Å². The highest BCUT2D eigenvalue weighted by Gasteiger charge is 2.36. The third kappa shape index (κ3) is 4.24. The molecule has 0 aliphatic carbocycles. The first-order valence-corrected chi connectivity index (χ1v) is 9.07. The van der Waals surface area contributed by atoms with Gasteiger partial charge in [0.05, 0.1) is 6.04 Å². The summed E-state index contributed by atoms with van der Waals surface area (Å²) in [5.74, 6) is 1.62. The normalized spacial score (nSPS) is 20.0. The van der Waals surface area contributed by atoms with Crippen LogP contribution in [0.4, 0.5) is 0 Å². The smallest absolute Gasteiger partial charge is 0.237 e. The van der Waals surface area contributed by atoms with Gasteiger partial charge in [-0.2, -0.15) is 0 Å². The van der Waals surface area contributed by atoms with Crippen LogP contribution in [0.3, 0.4) is 0 Å². The van der Waals surface area contributed by atoms with Crippen LogP contribution in [0.1, 0.15) is 38.7 Å². The van der Waals surface area contributed by atoms with Crippen molar-refractivity contribution >= 4 is 18.3 Å². The van der Waals surface area contributed by atoms with Crippen molar-refractivity contribution in [1.82, 2.24) is 5.32 Å². The van der Waals surface area contributed by atoms with E-state index in [9.17, 15) is 4.79 Å². The molecule has 146 valence electrons. The molecular formula is C19H29ClN2O4. The van der Waals surface area contributed by atoms with E-state index in [4.69, 9.17) is 19.9 Å². The van der Waals surface area contributed by atoms with Crippen molar-refractivity contribution in [3.05, 3.63) is 23.8 Å². The molecule has 6 nitrogen and oxygen atoms in total. The molecule has 1 aromatic carbocycles. The number of amides is 1. The van der Waals surface area contributed by atoms with E-state index in [0.717, 1.165) is 36.3 Å². The third-order valence-electron chi connectivity index (χ3n) is 5.60. The Balaban J connectivity index is 0.00000243. The summed E-state index contributed by atoms with van der Waals surface area (Å²) in [6.07, 6.45) is 2.59. The Morgan fingerprint density at radius 3 is 2.65 bits per heavy atom. The molecule has 1 amide bonds. The average molecular weight is 385 g/mol. The van der Waals surface area contributed by atoms with Crippen LogP contribution >= 0.6 is 12.4 Å². The molecule has 1 fully saturated rings. The number of nitrogens with two attached hydrogens (primary N) is 1. The second-order valence-electron chi connectivity index (χ2n) is 7.09. The van der Waals surface area contributed by atoms with E-state index < -0.39 is 6.04 Å². The number of hydrogen-bond acceptors (Lipinski definition) is 5. The first-order valence-electron chi connectivity index (χ1n) is 9.07. The summed E-state index contributed by atoms with van der Waals surface area (Å²) in [4.78, 5) is 12.4. The maximum absolute atomic E-state index is 12.4. The molecule has 2 heterocycles. The average Bonchev–Trinajstić information content (AvgIpc) is 3.13. The molecule has 7 heteroatoms. The molecule has 26 heavy (non-hydrogen) atoms. The number of halogens is 1. The van der Waals surface area contributed by atoms with E-state index in [1.807, 2.05) is 26.0 Å². The van der Waals surface area contributed by atoms with Gasteiger partial charge < -0.3 is 25.3 Å². The van der Waals surface area contributed by atoms with E-state index in [2.05, 4.69) is 11.4 Å². The summed E-state index contributed by atoms with van der Waals surface area (Å²) in [6, 6.07) is 5.58. The van der Waals surface area contributed by atoms with E-state index in [1.54, 1.807) is 0 Å². The first-order chi connectivity index (χ1) is 12.1. The molecule has 1 aromatic rings. The molecule has 0 saturated carbocycles. The van der Waals surface area contributed by atoms with E-state index >= 15 is 0 Å². The minimum Gasteiger partial charge on any atom is -0.454 e. The topological polar surface area (TPSA) is 82.8 Å². The van der Waals surface area contributed by atoms with Gasteiger partial charge in [0.2, 0.25) is 12.7 Å². The Labute approximate surface area is 161 Å². The van der Waals surface area contributed by atoms with Gasteiger partial charge in [0.15, 0.2) is 11.5 Å². The summed E-state index contributed by atoms with van der Waals surface area (Å²) in [6.45, 7) is 6.23. The molecule has 2 unspecified atom stereocenters. The van der Waals surface area contributed by atoms with Gasteiger partial charge in [-0.25, -0.2) is 0 Å². The predicted molar refractivity (Wildman–Crippen MR) is 102 cm³/mol. The SMILES string of the molecule is CCC(C)C(N)C(=O)NCC1(c2ccc3c(c2)OCO3)CCOCC1.Cl. The van der Waals surface area contributed by atoms with Gasteiger partial charge in [0.25, 0.3) is 0 Å². The number of hydrogen-bond donors (Lipinski definition) is 2. The van der Waals surface area contributed by atoms with Crippen molar-refractivity contribution < 1.29 is 19.0 Å². The lowest BCUT2D eigenvalue weighted by molar-refractivity contribution is -0.123. The summed E-state index contributed by atoms with van der Waals surface area (Å²) in [5, 5.41) is 3.08. The van der Waals surface area contributed by atoms with Crippen molar-refractivity contribution in [1.29, 1.82) is 0 Å². The van der Waals surface area contributed by atoms with Crippen LogP contribution < -0.4 is 20.5 Å². The van der Waals surface area contributed by atoms with Crippen molar-refractivity contribution in [2.24, 2.45) is 11.7 Å². The van der Waals surface area contributed by atoms with Crippen molar-refractivity contribution in [2.45, 2.75) is 44.6 Å². The quantitative estimate of drug-likeness (QED) is 0.786. The summed E-state index contributed by atoms with van der Waals surface area (Å²) in [5.41, 5.74) is 7.06. The van der Waals surface area contributed by atoms with Crippen LogP contribution in [0.5, 0.6) is 11.5 Å². The lowest BCUT2D eigenvalue weighted by atomic mass is 9.74. The third-order valence-corrected chi connectivity index (χ3v) is 5.60. The van der Waals surface area contributed by atoms with Crippen LogP contribution in [0.15, 0.2) is 18.2 Å². The van der Waals surface area contributed by atoms with Gasteiger partial charge in [-0.15, -0.1) is 12.4 Å². The maximum Gasteiger partial charge on any atom is 0.237 e. The Morgan fingerprint density at radius 2 is 1.96 bits per heavy atom. The highest BCUT2D eigenvalue weighted by atomic mass is 35.5. The molecule has 2 aliphatic rings. The van der Waals surface area contributed by atoms with Crippen LogP contribution in [0, 0.1) is 5.92 Å². The van der Waals surface area contributed by atoms with Crippen molar-refractivity contribution in [2.75, 3.05) is 26.6 Å². The fourth-order valence-electron chi connectivity index (χ4n) is 3.44. The first kappa shape index (κ1) is 20.8. The molecular weight excluding hydrogens is 356 g/mol. The number of carbonyl (C=O) groups excluding carboxylic acids is 1. The van der Waals surface area contributed by atoms with Gasteiger partial charge in [0.1, 0.15) is 0 Å². The highest BCUT2D eigenvalue weighted by Crippen LogP contribution is 2.40. The zero-order valence-corrected chi connectivity index (χ0v) is 16.3. The van der Waals surface area contributed by atoms with Crippen molar-refractivity contribution in [3.63, 3.8) is 0 Å². The van der Waals surface area contributed by atoms with Crippen molar-refractivity contribution in [3.8, 4) is 11.5 Å². The number of carbonyl (C=O) groups is 1. The van der Waals surface area contributed by atoms with Gasteiger partial charge in [-0.05, 0) is 36.5 Å². The Hall–Kier alpha value is -1.50. The van der Waals surface area contributed by atoms with Crippen LogP contribution in [0.25, 0.3) is 0 Å². The van der Waals surface area contributed by atoms with Crippen LogP contribution in [0.2, 0.25) is 0 Å². The molecule has 0 radical (unpaired) electrons. The van der Waals surface area contributed by atoms with Gasteiger partial charge in [-0.1, -0.05) is 26.3 Å². The standard InChI is InChI=1S/C19H28N2O4.ClH/c1-3-13(2)17(20)18(22)21-11-19(6-8-23-9-7-19)14-4-5-15-16(10-14)25-12-24-15;/h4-5,10,13,17H,3,6-9,11-12,20H2,1-2H3,(H,21,22);1H. The maximum atomic E-state index is 12.4. The molecule has 0 bridgehead atoms. The fourth-order valence-corrected chi connectivity index (χ4v) is 3.44. The lowest BCUT2D eigenvalue weighted by Gasteiger charge is -2.38. The lowest BCUT2D eigenvalue weighted by Crippen LogP contribution is -2.50. The zero-order chi connectivity index (χ0) is 17.9. The van der Waals surface area contributed by atoms with Crippen LogP contribution in [-0.2, 0) is 14.9 Å². The summed E-state index contributed by atoms with van der Waals surface area (Å²) >= 11 is 0. The Morgan fingerprint density at radius 1 is 1.27 bits per heavy atom. The molecule has 1 saturated heterocycles. The largest absolute Gasteiger partial charge is 0.454 e. The summed E-state index contributed by atoms with van der Waals surface area (Å²) < 4.78 is 16.5. The minimum atomic E-state index is -0.473. The van der Waals surface area contributed by atoms with E-state index in [1.165, 1.54) is 0 Å². The molecule has 2 atom stereocenters. The molecule has 0 aromatic heterocycles. The number of fused-ring (bicyclic) bond motifs is 1. The van der Waals surface area contributed by atoms with Crippen LogP contribution in [-0.4, -0.2) is 38.5 Å². The molecule has 0 spiro atoms. The second-order valence-corrected chi connectivity index (χ2v) is 7.09.